The van der Waals surface area contributed by atoms with E-state index >= 15 is 4.39 Å². The maximum atomic E-state index is 15.0. The van der Waals surface area contributed by atoms with Crippen molar-refractivity contribution in [3.05, 3.63) is 53.5 Å². The molecule has 0 spiro atoms. The number of H-pyrrole nitrogens is 1. The van der Waals surface area contributed by atoms with E-state index in [4.69, 9.17) is 9.84 Å². The van der Waals surface area contributed by atoms with Gasteiger partial charge < -0.3 is 34.7 Å². The molecular weight excluding hydrogens is 505 g/mol. The van der Waals surface area contributed by atoms with Crippen molar-refractivity contribution in [1.29, 1.82) is 0 Å². The number of carbonyl (C=O) groups excluding carboxylic acids is 1. The molecule has 0 bridgehead atoms. The van der Waals surface area contributed by atoms with Gasteiger partial charge in [0.25, 0.3) is 0 Å². The first-order chi connectivity index (χ1) is 17.9. The molecule has 206 valence electrons. The van der Waals surface area contributed by atoms with Crippen LogP contribution in [0.4, 0.5) is 18.9 Å². The van der Waals surface area contributed by atoms with Gasteiger partial charge in [-0.3, -0.25) is 4.79 Å². The van der Waals surface area contributed by atoms with Gasteiger partial charge in [0.05, 0.1) is 24.3 Å². The Bertz CT molecular complexity index is 1380. The van der Waals surface area contributed by atoms with Gasteiger partial charge in [0.2, 0.25) is 5.91 Å². The van der Waals surface area contributed by atoms with E-state index in [2.05, 4.69) is 19.8 Å². The van der Waals surface area contributed by atoms with Crippen LogP contribution in [0.1, 0.15) is 45.8 Å². The van der Waals surface area contributed by atoms with Gasteiger partial charge in [-0.15, -0.1) is 8.78 Å². The quantitative estimate of drug-likeness (QED) is 0.282. The topological polar surface area (TPSA) is 113 Å². The van der Waals surface area contributed by atoms with Crippen molar-refractivity contribution in [2.75, 3.05) is 25.1 Å². The van der Waals surface area contributed by atoms with Crippen LogP contribution < -0.4 is 14.8 Å². The van der Waals surface area contributed by atoms with Crippen molar-refractivity contribution in [1.82, 2.24) is 4.98 Å². The second-order valence-electron chi connectivity index (χ2n) is 10.5. The smallest absolute Gasteiger partial charge is 0.395 e. The van der Waals surface area contributed by atoms with Crippen molar-refractivity contribution in [2.24, 2.45) is 0 Å². The number of hydrogen-bond acceptors (Lipinski definition) is 6. The molecule has 4 N–H and O–H groups in total. The highest BCUT2D eigenvalue weighted by molar-refractivity contribution is 6.02. The van der Waals surface area contributed by atoms with Crippen LogP contribution in [-0.2, 0) is 20.4 Å². The number of benzene rings is 2. The molecule has 38 heavy (non-hydrogen) atoms. The van der Waals surface area contributed by atoms with Gasteiger partial charge in [-0.25, -0.2) is 4.39 Å². The highest BCUT2D eigenvalue weighted by Gasteiger charge is 2.53. The van der Waals surface area contributed by atoms with Gasteiger partial charge in [0.1, 0.15) is 11.9 Å². The van der Waals surface area contributed by atoms with Crippen molar-refractivity contribution in [3.8, 4) is 11.5 Å². The number of anilines is 1. The number of halogens is 3. The molecule has 0 radical (unpaired) electrons. The third kappa shape index (κ3) is 5.05. The first-order valence-electron chi connectivity index (χ1n) is 12.3. The molecule has 11 heteroatoms. The summed E-state index contributed by atoms with van der Waals surface area (Å²) < 4.78 is 56.2. The molecule has 0 unspecified atom stereocenters. The zero-order valence-electron chi connectivity index (χ0n) is 20.9. The molecule has 1 saturated carbocycles. The van der Waals surface area contributed by atoms with Crippen LogP contribution in [-0.4, -0.2) is 53.3 Å². The van der Waals surface area contributed by atoms with E-state index in [0.29, 0.717) is 42.3 Å². The summed E-state index contributed by atoms with van der Waals surface area (Å²) in [4.78, 5) is 16.5. The predicted molar refractivity (Wildman–Crippen MR) is 134 cm³/mol. The number of rotatable bonds is 10. The molecule has 1 aliphatic heterocycles. The molecule has 3 aromatic rings. The van der Waals surface area contributed by atoms with E-state index in [-0.39, 0.29) is 37.2 Å². The average Bonchev–Trinajstić information content (AvgIpc) is 3.47. The van der Waals surface area contributed by atoms with Crippen molar-refractivity contribution in [3.63, 3.8) is 0 Å². The summed E-state index contributed by atoms with van der Waals surface area (Å²) in [6.07, 6.45) is -3.10. The lowest BCUT2D eigenvalue weighted by molar-refractivity contribution is -0.286. The van der Waals surface area contributed by atoms with Crippen molar-refractivity contribution >= 4 is 22.5 Å². The number of carbonyl (C=O) groups is 1. The third-order valence-corrected chi connectivity index (χ3v) is 7.22. The lowest BCUT2D eigenvalue weighted by Gasteiger charge is -2.23. The molecule has 2 heterocycles. The molecular formula is C27H31F3N2O6. The van der Waals surface area contributed by atoms with E-state index in [1.165, 1.54) is 18.2 Å². The first kappa shape index (κ1) is 26.3. The molecule has 1 aliphatic carbocycles. The monoisotopic (exact) mass is 536 g/mol. The second kappa shape index (κ2) is 9.48. The molecule has 1 atom stereocenters. The highest BCUT2D eigenvalue weighted by atomic mass is 19.3. The SMILES string of the molecule is CC(C)(CCOC[C@@H](O)CO)c1cc2cc(NC(=O)C3(c4ccc5c(c4)OC(F)(F)O5)CC3)c(F)cc2[nH]1.[HH]. The first-order valence-corrected chi connectivity index (χ1v) is 12.3. The number of nitrogens with one attached hydrogen (secondary N) is 2. The predicted octanol–water partition coefficient (Wildman–Crippen LogP) is 4.58. The Balaban J connectivity index is 0.00000353. The van der Waals surface area contributed by atoms with Crippen LogP contribution in [0.2, 0.25) is 0 Å². The largest absolute Gasteiger partial charge is 0.586 e. The molecule has 1 aromatic heterocycles. The van der Waals surface area contributed by atoms with Gasteiger partial charge in [0, 0.05) is 36.1 Å². The Kier molecular flexibility index (Phi) is 6.57. The van der Waals surface area contributed by atoms with Crippen LogP contribution >= 0.6 is 0 Å². The van der Waals surface area contributed by atoms with Gasteiger partial charge in [-0.1, -0.05) is 19.9 Å². The fourth-order valence-corrected chi connectivity index (χ4v) is 4.61. The summed E-state index contributed by atoms with van der Waals surface area (Å²) in [6, 6.07) is 9.03. The summed E-state index contributed by atoms with van der Waals surface area (Å²) in [6.45, 7) is 4.02. The zero-order valence-corrected chi connectivity index (χ0v) is 20.9. The second-order valence-corrected chi connectivity index (χ2v) is 10.5. The molecule has 5 rings (SSSR count). The number of hydrogen-bond donors (Lipinski definition) is 4. The molecule has 2 aliphatic rings. The fourth-order valence-electron chi connectivity index (χ4n) is 4.61. The minimum absolute atomic E-state index is 0. The number of fused-ring (bicyclic) bond motifs is 2. The number of alkyl halides is 2. The zero-order chi connectivity index (χ0) is 27.3. The number of aliphatic hydroxyl groups excluding tert-OH is 2. The van der Waals surface area contributed by atoms with E-state index in [1.807, 2.05) is 19.9 Å². The van der Waals surface area contributed by atoms with E-state index in [0.717, 1.165) is 5.69 Å². The molecule has 8 nitrogen and oxygen atoms in total. The van der Waals surface area contributed by atoms with E-state index in [1.54, 1.807) is 12.1 Å². The average molecular weight is 537 g/mol. The van der Waals surface area contributed by atoms with Gasteiger partial charge in [-0.05, 0) is 49.1 Å². The molecule has 2 aromatic carbocycles. The number of aromatic nitrogens is 1. The van der Waals surface area contributed by atoms with E-state index < -0.39 is 29.5 Å². The maximum Gasteiger partial charge on any atom is 0.586 e. The van der Waals surface area contributed by atoms with Gasteiger partial charge in [0.15, 0.2) is 11.5 Å². The maximum absolute atomic E-state index is 15.0. The van der Waals surface area contributed by atoms with E-state index in [9.17, 15) is 18.7 Å². The third-order valence-electron chi connectivity index (χ3n) is 7.22. The number of aromatic amines is 1. The van der Waals surface area contributed by atoms with Gasteiger partial charge in [-0.2, -0.15) is 0 Å². The lowest BCUT2D eigenvalue weighted by atomic mass is 9.86. The van der Waals surface area contributed by atoms with Crippen molar-refractivity contribution < 1.29 is 43.8 Å². The Hall–Kier alpha value is -3.28. The standard InChI is InChI=1S/C27H29F3N2O6.H2/c1-25(2,7-8-36-14-17(34)13-33)23-10-15-9-20(18(28)12-19(15)31-23)32-24(35)26(5-6-26)16-3-4-21-22(11-16)38-27(29,30)37-21;/h3-4,9-12,17,31,33-34H,5-8,13-14H2,1-2H3,(H,32,35);1H/t17-;/m0./s1. The number of amides is 1. The summed E-state index contributed by atoms with van der Waals surface area (Å²) in [5, 5.41) is 21.7. The van der Waals surface area contributed by atoms with Crippen LogP contribution in [0.5, 0.6) is 11.5 Å². The summed E-state index contributed by atoms with van der Waals surface area (Å²) in [5.74, 6) is -1.29. The number of ether oxygens (including phenoxy) is 3. The molecule has 1 fully saturated rings. The number of aliphatic hydroxyl groups is 2. The van der Waals surface area contributed by atoms with Crippen molar-refractivity contribution in [2.45, 2.75) is 56.3 Å². The van der Waals surface area contributed by atoms with Crippen LogP contribution in [0.15, 0.2) is 36.4 Å². The molecule has 1 amide bonds. The Morgan fingerprint density at radius 2 is 1.95 bits per heavy atom. The minimum atomic E-state index is -3.75. The minimum Gasteiger partial charge on any atom is -0.395 e. The molecule has 0 saturated heterocycles. The van der Waals surface area contributed by atoms with Crippen LogP contribution in [0.3, 0.4) is 0 Å². The fraction of sp³-hybridized carbons (Fsp3) is 0.444. The normalized spacial score (nSPS) is 18.0. The summed E-state index contributed by atoms with van der Waals surface area (Å²) in [5.41, 5.74) is 0.598. The van der Waals surface area contributed by atoms with Crippen LogP contribution in [0, 0.1) is 5.82 Å². The Morgan fingerprint density at radius 3 is 2.66 bits per heavy atom. The lowest BCUT2D eigenvalue weighted by Crippen LogP contribution is -2.28. The Labute approximate surface area is 218 Å². The van der Waals surface area contributed by atoms with Gasteiger partial charge >= 0.3 is 6.29 Å². The summed E-state index contributed by atoms with van der Waals surface area (Å²) in [7, 11) is 0. The summed E-state index contributed by atoms with van der Waals surface area (Å²) >= 11 is 0. The van der Waals surface area contributed by atoms with Crippen LogP contribution in [0.25, 0.3) is 10.9 Å². The highest BCUT2D eigenvalue weighted by Crippen LogP contribution is 2.52. The Morgan fingerprint density at radius 1 is 1.21 bits per heavy atom.